The van der Waals surface area contributed by atoms with E-state index in [2.05, 4.69) is 9.97 Å². The van der Waals surface area contributed by atoms with Gasteiger partial charge in [-0.25, -0.2) is 9.97 Å². The van der Waals surface area contributed by atoms with Crippen molar-refractivity contribution >= 4 is 11.8 Å². The molecule has 2 aromatic heterocycles. The van der Waals surface area contributed by atoms with Crippen LogP contribution in [0.4, 0.5) is 0 Å². The monoisotopic (exact) mass is 234 g/mol. The van der Waals surface area contributed by atoms with E-state index in [1.807, 2.05) is 36.9 Å². The molecule has 4 nitrogen and oxygen atoms in total. The summed E-state index contributed by atoms with van der Waals surface area (Å²) in [6.45, 7) is 2.51. The number of nitrogens with two attached hydrogens (primary N) is 1. The van der Waals surface area contributed by atoms with Crippen LogP contribution in [0.25, 0.3) is 0 Å². The highest BCUT2D eigenvalue weighted by Crippen LogP contribution is 2.24. The van der Waals surface area contributed by atoms with Crippen LogP contribution in [-0.4, -0.2) is 14.5 Å². The Labute approximate surface area is 98.9 Å². The third-order valence-electron chi connectivity index (χ3n) is 2.20. The van der Waals surface area contributed by atoms with Crippen LogP contribution in [0.1, 0.15) is 11.3 Å². The second kappa shape index (κ2) is 4.67. The molecule has 0 bridgehead atoms. The van der Waals surface area contributed by atoms with Crippen molar-refractivity contribution in [2.24, 2.45) is 12.8 Å². The molecule has 0 aliphatic rings. The molecular formula is C11H14N4S. The first kappa shape index (κ1) is 11.2. The van der Waals surface area contributed by atoms with Crippen molar-refractivity contribution in [1.82, 2.24) is 14.5 Å². The topological polar surface area (TPSA) is 56.7 Å². The van der Waals surface area contributed by atoms with Crippen LogP contribution in [0.3, 0.4) is 0 Å². The molecule has 16 heavy (non-hydrogen) atoms. The van der Waals surface area contributed by atoms with Gasteiger partial charge in [-0.05, 0) is 36.4 Å². The molecule has 0 aliphatic heterocycles. The molecule has 0 radical (unpaired) electrons. The number of pyridine rings is 1. The van der Waals surface area contributed by atoms with Gasteiger partial charge in [-0.2, -0.15) is 0 Å². The van der Waals surface area contributed by atoms with Crippen molar-refractivity contribution in [2.75, 3.05) is 0 Å². The lowest BCUT2D eigenvalue weighted by atomic mass is 10.2. The van der Waals surface area contributed by atoms with E-state index in [-0.39, 0.29) is 0 Å². The summed E-state index contributed by atoms with van der Waals surface area (Å²) in [5, 5.41) is 1.87. The molecule has 0 atom stereocenters. The molecule has 0 amide bonds. The van der Waals surface area contributed by atoms with Crippen LogP contribution in [-0.2, 0) is 13.6 Å². The molecule has 84 valence electrons. The molecule has 0 saturated heterocycles. The minimum atomic E-state index is 0.539. The minimum absolute atomic E-state index is 0.539. The highest BCUT2D eigenvalue weighted by Gasteiger charge is 2.05. The smallest absolute Gasteiger partial charge is 0.174 e. The highest BCUT2D eigenvalue weighted by molar-refractivity contribution is 7.99. The standard InChI is InChI=1S/C11H14N4S/c1-8-5-9(7-12)6-10(14-8)16-11-13-3-4-15(11)2/h3-6H,7,12H2,1-2H3. The van der Waals surface area contributed by atoms with E-state index in [1.54, 1.807) is 18.0 Å². The zero-order chi connectivity index (χ0) is 11.5. The predicted molar refractivity (Wildman–Crippen MR) is 64.2 cm³/mol. The van der Waals surface area contributed by atoms with E-state index >= 15 is 0 Å². The molecule has 0 spiro atoms. The molecule has 2 heterocycles. The minimum Gasteiger partial charge on any atom is -0.329 e. The number of imidazole rings is 1. The fourth-order valence-electron chi connectivity index (χ4n) is 1.42. The maximum atomic E-state index is 5.63. The van der Waals surface area contributed by atoms with E-state index in [4.69, 9.17) is 5.73 Å². The first-order valence-electron chi connectivity index (χ1n) is 5.02. The van der Waals surface area contributed by atoms with Gasteiger partial charge >= 0.3 is 0 Å². The summed E-state index contributed by atoms with van der Waals surface area (Å²) < 4.78 is 1.97. The van der Waals surface area contributed by atoms with E-state index in [0.29, 0.717) is 6.54 Å². The summed E-state index contributed by atoms with van der Waals surface area (Å²) in [4.78, 5) is 8.70. The van der Waals surface area contributed by atoms with Gasteiger partial charge in [-0.15, -0.1) is 0 Å². The largest absolute Gasteiger partial charge is 0.329 e. The summed E-state index contributed by atoms with van der Waals surface area (Å²) >= 11 is 1.55. The SMILES string of the molecule is Cc1cc(CN)cc(Sc2nccn2C)n1. The van der Waals surface area contributed by atoms with Gasteiger partial charge in [0, 0.05) is 31.7 Å². The van der Waals surface area contributed by atoms with Gasteiger partial charge in [0.25, 0.3) is 0 Å². The number of rotatable bonds is 3. The van der Waals surface area contributed by atoms with Gasteiger partial charge in [-0.1, -0.05) is 0 Å². The molecule has 0 saturated carbocycles. The Hall–Kier alpha value is -1.33. The molecule has 0 aromatic carbocycles. The van der Waals surface area contributed by atoms with Gasteiger partial charge < -0.3 is 10.3 Å². The summed E-state index contributed by atoms with van der Waals surface area (Å²) in [6.07, 6.45) is 3.70. The van der Waals surface area contributed by atoms with Crippen LogP contribution in [0, 0.1) is 6.92 Å². The Morgan fingerprint density at radius 1 is 1.44 bits per heavy atom. The van der Waals surface area contributed by atoms with Crippen molar-refractivity contribution < 1.29 is 0 Å². The second-order valence-corrected chi connectivity index (χ2v) is 4.57. The molecule has 2 rings (SSSR count). The summed E-state index contributed by atoms with van der Waals surface area (Å²) in [7, 11) is 1.97. The number of hydrogen-bond acceptors (Lipinski definition) is 4. The normalized spacial score (nSPS) is 10.7. The van der Waals surface area contributed by atoms with Crippen molar-refractivity contribution in [3.8, 4) is 0 Å². The van der Waals surface area contributed by atoms with Gasteiger partial charge in [0.2, 0.25) is 0 Å². The molecular weight excluding hydrogens is 220 g/mol. The van der Waals surface area contributed by atoms with Gasteiger partial charge in [-0.3, -0.25) is 0 Å². The van der Waals surface area contributed by atoms with E-state index in [0.717, 1.165) is 21.4 Å². The lowest BCUT2D eigenvalue weighted by Gasteiger charge is -2.04. The fourth-order valence-corrected chi connectivity index (χ4v) is 2.33. The Balaban J connectivity index is 2.28. The van der Waals surface area contributed by atoms with E-state index < -0.39 is 0 Å². The number of nitrogens with zero attached hydrogens (tertiary/aromatic N) is 3. The fraction of sp³-hybridized carbons (Fsp3) is 0.273. The zero-order valence-electron chi connectivity index (χ0n) is 9.34. The van der Waals surface area contributed by atoms with Crippen molar-refractivity contribution in [3.05, 3.63) is 35.8 Å². The Kier molecular flexibility index (Phi) is 3.26. The average Bonchev–Trinajstić information content (AvgIpc) is 2.63. The summed E-state index contributed by atoms with van der Waals surface area (Å²) in [5.41, 5.74) is 7.72. The summed E-state index contributed by atoms with van der Waals surface area (Å²) in [6, 6.07) is 4.01. The van der Waals surface area contributed by atoms with Crippen LogP contribution in [0.2, 0.25) is 0 Å². The highest BCUT2D eigenvalue weighted by atomic mass is 32.2. The Morgan fingerprint density at radius 2 is 2.25 bits per heavy atom. The third kappa shape index (κ3) is 2.43. The maximum absolute atomic E-state index is 5.63. The average molecular weight is 234 g/mol. The molecule has 2 N–H and O–H groups in total. The summed E-state index contributed by atoms with van der Waals surface area (Å²) in [5.74, 6) is 0. The van der Waals surface area contributed by atoms with Crippen LogP contribution >= 0.6 is 11.8 Å². The number of hydrogen-bond donors (Lipinski definition) is 1. The third-order valence-corrected chi connectivity index (χ3v) is 3.19. The Morgan fingerprint density at radius 3 is 2.88 bits per heavy atom. The number of aryl methyl sites for hydroxylation is 2. The van der Waals surface area contributed by atoms with Crippen LogP contribution < -0.4 is 5.73 Å². The zero-order valence-corrected chi connectivity index (χ0v) is 10.2. The van der Waals surface area contributed by atoms with Crippen molar-refractivity contribution in [1.29, 1.82) is 0 Å². The lowest BCUT2D eigenvalue weighted by Crippen LogP contribution is -1.99. The van der Waals surface area contributed by atoms with Gasteiger partial charge in [0.05, 0.1) is 0 Å². The van der Waals surface area contributed by atoms with Gasteiger partial charge in [0.15, 0.2) is 5.16 Å². The lowest BCUT2D eigenvalue weighted by molar-refractivity contribution is 0.788. The van der Waals surface area contributed by atoms with Gasteiger partial charge in [0.1, 0.15) is 5.03 Å². The van der Waals surface area contributed by atoms with Crippen molar-refractivity contribution in [2.45, 2.75) is 23.7 Å². The first-order chi connectivity index (χ1) is 7.69. The molecule has 5 heteroatoms. The first-order valence-corrected chi connectivity index (χ1v) is 5.83. The molecule has 0 aliphatic carbocycles. The van der Waals surface area contributed by atoms with E-state index in [1.165, 1.54) is 0 Å². The molecule has 2 aromatic rings. The molecule has 0 unspecified atom stereocenters. The van der Waals surface area contributed by atoms with Crippen molar-refractivity contribution in [3.63, 3.8) is 0 Å². The second-order valence-electron chi connectivity index (χ2n) is 3.58. The molecule has 0 fully saturated rings. The number of aromatic nitrogens is 3. The van der Waals surface area contributed by atoms with Crippen LogP contribution in [0.5, 0.6) is 0 Å². The van der Waals surface area contributed by atoms with E-state index in [9.17, 15) is 0 Å². The van der Waals surface area contributed by atoms with Crippen LogP contribution in [0.15, 0.2) is 34.7 Å². The predicted octanol–water partition coefficient (Wildman–Crippen LogP) is 1.73. The maximum Gasteiger partial charge on any atom is 0.174 e. The quantitative estimate of drug-likeness (QED) is 0.878. The Bertz CT molecular complexity index is 492.